The summed E-state index contributed by atoms with van der Waals surface area (Å²) in [4.78, 5) is 4.40. The van der Waals surface area contributed by atoms with Gasteiger partial charge in [0.05, 0.1) is 12.1 Å². The smallest absolute Gasteiger partial charge is 0.244 e. The highest BCUT2D eigenvalue weighted by molar-refractivity contribution is 9.10. The Morgan fingerprint density at radius 1 is 1.47 bits per heavy atom. The molecule has 1 aromatic heterocycles. The van der Waals surface area contributed by atoms with E-state index in [0.29, 0.717) is 24.7 Å². The number of aryl methyl sites for hydroxylation is 1. The van der Waals surface area contributed by atoms with Crippen molar-refractivity contribution in [3.8, 4) is 11.4 Å². The predicted octanol–water partition coefficient (Wildman–Crippen LogP) is 2.20. The van der Waals surface area contributed by atoms with Crippen molar-refractivity contribution in [3.05, 3.63) is 34.1 Å². The molecule has 2 aromatic rings. The van der Waals surface area contributed by atoms with Crippen molar-refractivity contribution >= 4 is 15.9 Å². The van der Waals surface area contributed by atoms with Gasteiger partial charge in [-0.25, -0.2) is 0 Å². The van der Waals surface area contributed by atoms with E-state index in [-0.39, 0.29) is 12.1 Å². The van der Waals surface area contributed by atoms with Gasteiger partial charge in [0.25, 0.3) is 0 Å². The van der Waals surface area contributed by atoms with Gasteiger partial charge in [0, 0.05) is 16.6 Å². The summed E-state index contributed by atoms with van der Waals surface area (Å²) in [5.41, 5.74) is 2.07. The monoisotopic (exact) mass is 323 g/mol. The summed E-state index contributed by atoms with van der Waals surface area (Å²) >= 11 is 3.49. The second-order valence-corrected chi connectivity index (χ2v) is 5.62. The minimum Gasteiger partial charge on any atom is -0.392 e. The quantitative estimate of drug-likeness (QED) is 0.886. The molecule has 0 aliphatic carbocycles. The molecular weight excluding hydrogens is 310 g/mol. The van der Waals surface area contributed by atoms with E-state index in [2.05, 4.69) is 31.4 Å². The summed E-state index contributed by atoms with van der Waals surface area (Å²) in [7, 11) is 0. The van der Waals surface area contributed by atoms with Crippen LogP contribution in [0.1, 0.15) is 23.9 Å². The molecule has 0 spiro atoms. The largest absolute Gasteiger partial charge is 0.392 e. The maximum Gasteiger partial charge on any atom is 0.244 e. The number of hydrogen-bond acceptors (Lipinski definition) is 5. The lowest BCUT2D eigenvalue weighted by molar-refractivity contribution is 0.191. The lowest BCUT2D eigenvalue weighted by Crippen LogP contribution is -2.15. The van der Waals surface area contributed by atoms with Gasteiger partial charge >= 0.3 is 0 Å². The maximum atomic E-state index is 9.49. The Hall–Kier alpha value is -1.24. The Kier molecular flexibility index (Phi) is 3.38. The average Bonchev–Trinajstić information content (AvgIpc) is 3.01. The number of aromatic nitrogens is 2. The number of rotatable bonds is 2. The third-order valence-electron chi connectivity index (χ3n) is 3.28. The number of aliphatic hydroxyl groups excluding tert-OH is 1. The van der Waals surface area contributed by atoms with Crippen molar-refractivity contribution in [2.45, 2.75) is 25.5 Å². The highest BCUT2D eigenvalue weighted by Crippen LogP contribution is 2.27. The van der Waals surface area contributed by atoms with Crippen LogP contribution in [0.25, 0.3) is 11.4 Å². The summed E-state index contributed by atoms with van der Waals surface area (Å²) < 4.78 is 6.29. The number of β-amino-alcohol motifs (C(OH)–C–C–N with tert-alkyl or cyclic N) is 1. The van der Waals surface area contributed by atoms with Gasteiger partial charge < -0.3 is 14.9 Å². The zero-order valence-electron chi connectivity index (χ0n) is 10.4. The van der Waals surface area contributed by atoms with Crippen LogP contribution in [0.2, 0.25) is 0 Å². The summed E-state index contributed by atoms with van der Waals surface area (Å²) in [5, 5.41) is 16.6. The fraction of sp³-hybridized carbons (Fsp3) is 0.385. The van der Waals surface area contributed by atoms with Crippen LogP contribution in [0.4, 0.5) is 0 Å². The molecule has 0 bridgehead atoms. The fourth-order valence-corrected chi connectivity index (χ4v) is 2.51. The van der Waals surface area contributed by atoms with Gasteiger partial charge in [-0.3, -0.25) is 0 Å². The summed E-state index contributed by atoms with van der Waals surface area (Å²) in [6.45, 7) is 2.60. The van der Waals surface area contributed by atoms with Crippen LogP contribution in [0.5, 0.6) is 0 Å². The maximum absolute atomic E-state index is 9.49. The van der Waals surface area contributed by atoms with Crippen LogP contribution in [0.15, 0.2) is 27.2 Å². The van der Waals surface area contributed by atoms with Crippen molar-refractivity contribution in [2.24, 2.45) is 0 Å². The van der Waals surface area contributed by atoms with E-state index in [1.807, 2.05) is 25.1 Å². The molecule has 0 saturated carbocycles. The minimum absolute atomic E-state index is 0.0508. The molecule has 100 valence electrons. The Morgan fingerprint density at radius 2 is 2.32 bits per heavy atom. The first-order valence-corrected chi connectivity index (χ1v) is 6.94. The molecule has 1 fully saturated rings. The Bertz CT molecular complexity index is 599. The number of halogens is 1. The van der Waals surface area contributed by atoms with Gasteiger partial charge in [0.1, 0.15) is 0 Å². The number of hydrogen-bond donors (Lipinski definition) is 2. The summed E-state index contributed by atoms with van der Waals surface area (Å²) in [6.07, 6.45) is 0.271. The fourth-order valence-electron chi connectivity index (χ4n) is 2.13. The predicted molar refractivity (Wildman–Crippen MR) is 73.5 cm³/mol. The molecule has 1 aromatic carbocycles. The van der Waals surface area contributed by atoms with E-state index in [1.54, 1.807) is 0 Å². The molecule has 0 radical (unpaired) electrons. The number of nitrogens with zero attached hydrogens (tertiary/aromatic N) is 2. The number of benzene rings is 1. The van der Waals surface area contributed by atoms with Gasteiger partial charge in [0.15, 0.2) is 0 Å². The van der Waals surface area contributed by atoms with E-state index in [4.69, 9.17) is 4.52 Å². The highest BCUT2D eigenvalue weighted by Gasteiger charge is 2.28. The molecule has 2 unspecified atom stereocenters. The van der Waals surface area contributed by atoms with Gasteiger partial charge in [0.2, 0.25) is 11.7 Å². The Balaban J connectivity index is 1.86. The Labute approximate surface area is 119 Å². The molecule has 5 nitrogen and oxygen atoms in total. The first kappa shape index (κ1) is 12.8. The lowest BCUT2D eigenvalue weighted by atomic mass is 10.1. The van der Waals surface area contributed by atoms with Crippen molar-refractivity contribution in [3.63, 3.8) is 0 Å². The zero-order chi connectivity index (χ0) is 13.4. The van der Waals surface area contributed by atoms with E-state index in [9.17, 15) is 5.11 Å². The molecular formula is C13H14BrN3O2. The van der Waals surface area contributed by atoms with Crippen molar-refractivity contribution < 1.29 is 9.63 Å². The zero-order valence-corrected chi connectivity index (χ0v) is 12.0. The summed E-state index contributed by atoms with van der Waals surface area (Å²) in [6, 6.07) is 5.89. The second kappa shape index (κ2) is 5.03. The Morgan fingerprint density at radius 3 is 3.00 bits per heavy atom. The van der Waals surface area contributed by atoms with E-state index in [0.717, 1.165) is 15.6 Å². The van der Waals surface area contributed by atoms with Crippen molar-refractivity contribution in [1.82, 2.24) is 15.5 Å². The standard InChI is InChI=1S/C13H14BrN3O2/c1-7-2-3-8(4-10(7)14)12-16-13(19-17-12)11-5-9(18)6-15-11/h2-4,9,11,15,18H,5-6H2,1H3. The molecule has 1 aliphatic heterocycles. The summed E-state index contributed by atoms with van der Waals surface area (Å²) in [5.74, 6) is 1.10. The molecule has 3 rings (SSSR count). The molecule has 1 aliphatic rings. The van der Waals surface area contributed by atoms with E-state index >= 15 is 0 Å². The van der Waals surface area contributed by atoms with E-state index < -0.39 is 0 Å². The van der Waals surface area contributed by atoms with Crippen LogP contribution in [0.3, 0.4) is 0 Å². The molecule has 0 amide bonds. The average molecular weight is 324 g/mol. The first-order valence-electron chi connectivity index (χ1n) is 6.15. The number of nitrogens with one attached hydrogen (secondary N) is 1. The van der Waals surface area contributed by atoms with Gasteiger partial charge in [-0.2, -0.15) is 4.98 Å². The highest BCUT2D eigenvalue weighted by atomic mass is 79.9. The minimum atomic E-state index is -0.339. The normalized spacial score (nSPS) is 22.9. The van der Waals surface area contributed by atoms with Gasteiger partial charge in [-0.15, -0.1) is 0 Å². The molecule has 2 N–H and O–H groups in total. The lowest BCUT2D eigenvalue weighted by Gasteiger charge is -2.02. The SMILES string of the molecule is Cc1ccc(-c2noc(C3CC(O)CN3)n2)cc1Br. The van der Waals surface area contributed by atoms with Crippen LogP contribution >= 0.6 is 15.9 Å². The van der Waals surface area contributed by atoms with Crippen LogP contribution in [-0.4, -0.2) is 27.9 Å². The van der Waals surface area contributed by atoms with Gasteiger partial charge in [-0.1, -0.05) is 33.2 Å². The third kappa shape index (κ3) is 2.56. The van der Waals surface area contributed by atoms with Gasteiger partial charge in [-0.05, 0) is 25.0 Å². The molecule has 2 atom stereocenters. The first-order chi connectivity index (χ1) is 9.13. The van der Waals surface area contributed by atoms with Crippen molar-refractivity contribution in [2.75, 3.05) is 6.54 Å². The molecule has 19 heavy (non-hydrogen) atoms. The van der Waals surface area contributed by atoms with Crippen LogP contribution in [0, 0.1) is 6.92 Å². The van der Waals surface area contributed by atoms with Crippen molar-refractivity contribution in [1.29, 1.82) is 0 Å². The topological polar surface area (TPSA) is 71.2 Å². The second-order valence-electron chi connectivity index (χ2n) is 4.77. The van der Waals surface area contributed by atoms with Crippen LogP contribution < -0.4 is 5.32 Å². The van der Waals surface area contributed by atoms with Crippen LogP contribution in [-0.2, 0) is 0 Å². The third-order valence-corrected chi connectivity index (χ3v) is 4.13. The molecule has 6 heteroatoms. The van der Waals surface area contributed by atoms with E-state index in [1.165, 1.54) is 0 Å². The number of aliphatic hydroxyl groups is 1. The molecule has 1 saturated heterocycles. The molecule has 2 heterocycles.